The molecule has 3 rings (SSSR count). The summed E-state index contributed by atoms with van der Waals surface area (Å²) >= 11 is 0. The minimum Gasteiger partial charge on any atom is -0.337 e. The molecule has 2 heterocycles. The van der Waals surface area contributed by atoms with Gasteiger partial charge in [0.15, 0.2) is 9.84 Å². The van der Waals surface area contributed by atoms with Gasteiger partial charge in [-0.2, -0.15) is 0 Å². The molecule has 26 heavy (non-hydrogen) atoms. The Kier molecular flexibility index (Phi) is 5.17. The molecule has 1 aromatic carbocycles. The number of nitrogens with zero attached hydrogens (tertiary/aromatic N) is 3. The number of hydrogen-bond donors (Lipinski definition) is 1. The fourth-order valence-corrected chi connectivity index (χ4v) is 4.67. The molecule has 1 aliphatic rings. The van der Waals surface area contributed by atoms with Gasteiger partial charge in [0.05, 0.1) is 17.1 Å². The lowest BCUT2D eigenvalue weighted by molar-refractivity contribution is 0.102. The molecule has 1 amide bonds. The van der Waals surface area contributed by atoms with Crippen LogP contribution in [0.2, 0.25) is 0 Å². The van der Waals surface area contributed by atoms with Crippen LogP contribution >= 0.6 is 0 Å². The van der Waals surface area contributed by atoms with Crippen molar-refractivity contribution in [2.24, 2.45) is 0 Å². The van der Waals surface area contributed by atoms with E-state index in [0.29, 0.717) is 24.6 Å². The van der Waals surface area contributed by atoms with Crippen LogP contribution in [0.15, 0.2) is 36.7 Å². The van der Waals surface area contributed by atoms with E-state index in [0.717, 1.165) is 0 Å². The van der Waals surface area contributed by atoms with Gasteiger partial charge in [0.25, 0.3) is 5.91 Å². The molecule has 138 valence electrons. The van der Waals surface area contributed by atoms with Crippen molar-refractivity contribution in [3.05, 3.63) is 48.0 Å². The fraction of sp³-hybridized carbons (Fsp3) is 0.353. The van der Waals surface area contributed by atoms with Crippen LogP contribution in [-0.2, 0) is 9.84 Å². The molecule has 1 atom stereocenters. The maximum Gasteiger partial charge on any atom is 0.258 e. The molecule has 1 aliphatic heterocycles. The van der Waals surface area contributed by atoms with Crippen molar-refractivity contribution in [1.82, 2.24) is 9.97 Å². The van der Waals surface area contributed by atoms with Crippen molar-refractivity contribution in [1.29, 1.82) is 0 Å². The molecule has 0 bridgehead atoms. The maximum atomic E-state index is 13.2. The molecule has 1 aromatic heterocycles. The molecule has 7 nitrogen and oxygen atoms in total. The van der Waals surface area contributed by atoms with E-state index >= 15 is 0 Å². The quantitative estimate of drug-likeness (QED) is 0.854. The first kappa shape index (κ1) is 18.2. The van der Waals surface area contributed by atoms with Gasteiger partial charge in [-0.15, -0.1) is 0 Å². The van der Waals surface area contributed by atoms with Gasteiger partial charge in [0, 0.05) is 30.7 Å². The normalized spacial score (nSPS) is 18.5. The van der Waals surface area contributed by atoms with Gasteiger partial charge in [-0.25, -0.2) is 22.8 Å². The number of amides is 1. The molecule has 1 unspecified atom stereocenters. The number of anilines is 2. The highest BCUT2D eigenvalue weighted by Gasteiger charge is 2.32. The third-order valence-corrected chi connectivity index (χ3v) is 5.98. The topological polar surface area (TPSA) is 92.3 Å². The van der Waals surface area contributed by atoms with Crippen LogP contribution in [0.25, 0.3) is 0 Å². The van der Waals surface area contributed by atoms with Gasteiger partial charge in [0.1, 0.15) is 5.82 Å². The second-order valence-corrected chi connectivity index (χ2v) is 8.31. The highest BCUT2D eigenvalue weighted by molar-refractivity contribution is 7.91. The molecule has 1 saturated heterocycles. The van der Waals surface area contributed by atoms with Crippen molar-refractivity contribution in [3.63, 3.8) is 0 Å². The van der Waals surface area contributed by atoms with E-state index < -0.39 is 21.6 Å². The number of hydrogen-bond acceptors (Lipinski definition) is 6. The number of carbonyl (C=O) groups excluding carboxylic acids is 1. The van der Waals surface area contributed by atoms with E-state index in [1.165, 1.54) is 30.6 Å². The van der Waals surface area contributed by atoms with Gasteiger partial charge in [-0.3, -0.25) is 4.79 Å². The molecular weight excluding hydrogens is 359 g/mol. The number of sulfone groups is 1. The summed E-state index contributed by atoms with van der Waals surface area (Å²) < 4.78 is 36.6. The molecule has 1 N–H and O–H groups in total. The van der Waals surface area contributed by atoms with Gasteiger partial charge in [0.2, 0.25) is 5.95 Å². The first-order valence-corrected chi connectivity index (χ1v) is 10.1. The van der Waals surface area contributed by atoms with Crippen molar-refractivity contribution < 1.29 is 17.6 Å². The first-order valence-electron chi connectivity index (χ1n) is 8.24. The zero-order valence-corrected chi connectivity index (χ0v) is 15.0. The lowest BCUT2D eigenvalue weighted by Crippen LogP contribution is -2.37. The molecule has 0 spiro atoms. The summed E-state index contributed by atoms with van der Waals surface area (Å²) in [5, 5.41) is 2.58. The van der Waals surface area contributed by atoms with Crippen LogP contribution in [0.5, 0.6) is 0 Å². The average molecular weight is 378 g/mol. The highest BCUT2D eigenvalue weighted by atomic mass is 32.2. The van der Waals surface area contributed by atoms with E-state index in [-0.39, 0.29) is 23.1 Å². The number of carbonyl (C=O) groups is 1. The molecule has 0 aliphatic carbocycles. The molecule has 0 radical (unpaired) electrons. The Morgan fingerprint density at radius 3 is 2.65 bits per heavy atom. The lowest BCUT2D eigenvalue weighted by atomic mass is 10.2. The summed E-state index contributed by atoms with van der Waals surface area (Å²) in [6, 6.07) is 5.43. The number of rotatable bonds is 5. The van der Waals surface area contributed by atoms with Crippen molar-refractivity contribution in [3.8, 4) is 0 Å². The van der Waals surface area contributed by atoms with Crippen molar-refractivity contribution in [2.45, 2.75) is 19.4 Å². The number of benzene rings is 1. The second-order valence-electron chi connectivity index (χ2n) is 6.08. The molecule has 1 fully saturated rings. The van der Waals surface area contributed by atoms with Crippen LogP contribution in [-0.4, -0.2) is 48.4 Å². The summed E-state index contributed by atoms with van der Waals surface area (Å²) in [4.78, 5) is 22.5. The summed E-state index contributed by atoms with van der Waals surface area (Å²) in [7, 11) is -3.01. The Bertz CT molecular complexity index is 902. The number of halogens is 1. The standard InChI is InChI=1S/C17H19FN4O3S/c1-2-22(15-6-7-26(24,25)11-15)17-19-9-12(10-20-17)16(23)21-14-5-3-4-13(18)8-14/h3-5,8-10,15H,2,6-7,11H2,1H3,(H,21,23). The smallest absolute Gasteiger partial charge is 0.258 e. The largest absolute Gasteiger partial charge is 0.337 e. The average Bonchev–Trinajstić information content (AvgIpc) is 2.96. The van der Waals surface area contributed by atoms with Crippen LogP contribution < -0.4 is 10.2 Å². The fourth-order valence-electron chi connectivity index (χ4n) is 2.94. The molecule has 2 aromatic rings. The van der Waals surface area contributed by atoms with Crippen LogP contribution in [0.1, 0.15) is 23.7 Å². The van der Waals surface area contributed by atoms with E-state index in [4.69, 9.17) is 0 Å². The third kappa shape index (κ3) is 4.16. The highest BCUT2D eigenvalue weighted by Crippen LogP contribution is 2.21. The first-order chi connectivity index (χ1) is 12.4. The Morgan fingerprint density at radius 1 is 1.35 bits per heavy atom. The Labute approximate surface area is 151 Å². The molecule has 9 heteroatoms. The Morgan fingerprint density at radius 2 is 2.08 bits per heavy atom. The summed E-state index contributed by atoms with van der Waals surface area (Å²) in [5.41, 5.74) is 0.568. The number of nitrogens with one attached hydrogen (secondary N) is 1. The van der Waals surface area contributed by atoms with Crippen LogP contribution in [0, 0.1) is 5.82 Å². The van der Waals surface area contributed by atoms with Gasteiger partial charge < -0.3 is 10.2 Å². The summed E-state index contributed by atoms with van der Waals surface area (Å²) in [5.74, 6) is -0.251. The molecule has 0 saturated carbocycles. The van der Waals surface area contributed by atoms with Gasteiger partial charge in [-0.05, 0) is 31.5 Å². The maximum absolute atomic E-state index is 13.2. The van der Waals surface area contributed by atoms with Gasteiger partial charge >= 0.3 is 0 Å². The minimum atomic E-state index is -3.01. The van der Waals surface area contributed by atoms with Crippen molar-refractivity contribution in [2.75, 3.05) is 28.3 Å². The van der Waals surface area contributed by atoms with Crippen molar-refractivity contribution >= 4 is 27.4 Å². The third-order valence-electron chi connectivity index (χ3n) is 4.23. The van der Waals surface area contributed by atoms with E-state index in [1.807, 2.05) is 11.8 Å². The number of aromatic nitrogens is 2. The summed E-state index contributed by atoms with van der Waals surface area (Å²) in [6.45, 7) is 2.47. The predicted molar refractivity (Wildman–Crippen MR) is 96.5 cm³/mol. The van der Waals surface area contributed by atoms with Crippen LogP contribution in [0.4, 0.5) is 16.0 Å². The monoisotopic (exact) mass is 378 g/mol. The Hall–Kier alpha value is -2.55. The van der Waals surface area contributed by atoms with E-state index in [1.54, 1.807) is 6.07 Å². The SMILES string of the molecule is CCN(c1ncc(C(=O)Nc2cccc(F)c2)cn1)C1CCS(=O)(=O)C1. The van der Waals surface area contributed by atoms with E-state index in [9.17, 15) is 17.6 Å². The van der Waals surface area contributed by atoms with E-state index in [2.05, 4.69) is 15.3 Å². The zero-order chi connectivity index (χ0) is 18.7. The van der Waals surface area contributed by atoms with Gasteiger partial charge in [-0.1, -0.05) is 6.07 Å². The molecular formula is C17H19FN4O3S. The zero-order valence-electron chi connectivity index (χ0n) is 14.2. The lowest BCUT2D eigenvalue weighted by Gasteiger charge is -2.26. The predicted octanol–water partition coefficient (Wildman–Crippen LogP) is 1.88. The van der Waals surface area contributed by atoms with Crippen LogP contribution in [0.3, 0.4) is 0 Å². The minimum absolute atomic E-state index is 0.0893. The Balaban J connectivity index is 1.72. The summed E-state index contributed by atoms with van der Waals surface area (Å²) in [6.07, 6.45) is 3.30. The second kappa shape index (κ2) is 7.36.